The third-order valence-corrected chi connectivity index (χ3v) is 5.46. The summed E-state index contributed by atoms with van der Waals surface area (Å²) in [6.45, 7) is 0. The molecule has 0 saturated heterocycles. The molecule has 4 fully saturated rings. The van der Waals surface area contributed by atoms with Gasteiger partial charge in [-0.15, -0.1) is 0 Å². The van der Waals surface area contributed by atoms with Crippen molar-refractivity contribution < 1.29 is 9.72 Å². The zero-order valence-electron chi connectivity index (χ0n) is 11.7. The van der Waals surface area contributed by atoms with Gasteiger partial charge in [-0.3, -0.25) is 20.0 Å². The Balaban J connectivity index is 1.57. The van der Waals surface area contributed by atoms with Gasteiger partial charge in [-0.2, -0.15) is 5.10 Å². The molecule has 0 aliphatic heterocycles. The molecule has 1 amide bonds. The maximum absolute atomic E-state index is 12.4. The first-order chi connectivity index (χ1) is 10.0. The summed E-state index contributed by atoms with van der Waals surface area (Å²) < 4.78 is 0. The molecule has 4 aliphatic rings. The second kappa shape index (κ2) is 4.29. The Morgan fingerprint density at radius 2 is 1.86 bits per heavy atom. The molecule has 1 aromatic heterocycles. The van der Waals surface area contributed by atoms with E-state index in [1.54, 1.807) is 0 Å². The number of carbonyl (C=O) groups is 1. The Bertz CT molecular complexity index is 574. The Labute approximate surface area is 121 Å². The fourth-order valence-corrected chi connectivity index (χ4v) is 5.15. The van der Waals surface area contributed by atoms with Crippen LogP contribution in [-0.4, -0.2) is 26.6 Å². The van der Waals surface area contributed by atoms with Crippen molar-refractivity contribution in [2.75, 3.05) is 0 Å². The average Bonchev–Trinajstić information content (AvgIpc) is 2.85. The van der Waals surface area contributed by atoms with Gasteiger partial charge in [-0.25, -0.2) is 0 Å². The molecule has 7 nitrogen and oxygen atoms in total. The molecule has 1 aromatic rings. The van der Waals surface area contributed by atoms with Crippen LogP contribution in [0.25, 0.3) is 0 Å². The number of aromatic amines is 1. The highest BCUT2D eigenvalue weighted by Gasteiger charge is 2.51. The molecule has 0 radical (unpaired) electrons. The molecule has 5 rings (SSSR count). The lowest BCUT2D eigenvalue weighted by Crippen LogP contribution is -2.59. The normalized spacial score (nSPS) is 36.7. The molecule has 4 aliphatic carbocycles. The lowest BCUT2D eigenvalue weighted by Gasteiger charge is -2.56. The number of nitrogens with one attached hydrogen (secondary N) is 2. The molecule has 21 heavy (non-hydrogen) atoms. The number of carbonyl (C=O) groups excluding carboxylic acids is 1. The van der Waals surface area contributed by atoms with Crippen molar-refractivity contribution in [3.63, 3.8) is 0 Å². The van der Waals surface area contributed by atoms with Crippen LogP contribution < -0.4 is 5.32 Å². The minimum atomic E-state index is -0.571. The van der Waals surface area contributed by atoms with Crippen molar-refractivity contribution in [2.45, 2.75) is 44.1 Å². The minimum Gasteiger partial charge on any atom is -0.345 e. The molecule has 0 aromatic carbocycles. The van der Waals surface area contributed by atoms with Gasteiger partial charge in [0, 0.05) is 5.54 Å². The van der Waals surface area contributed by atoms with Gasteiger partial charge < -0.3 is 5.32 Å². The standard InChI is InChI=1S/C14H18N4O3/c19-13(12-11(18(20)21)7-15-17-12)16-14-4-8-1-9(5-14)3-10(2-8)6-14/h7-10H,1-6H2,(H,15,17)(H,16,19). The molecule has 0 spiro atoms. The van der Waals surface area contributed by atoms with Crippen molar-refractivity contribution in [1.82, 2.24) is 15.5 Å². The summed E-state index contributed by atoms with van der Waals surface area (Å²) in [6.07, 6.45) is 8.03. The maximum Gasteiger partial charge on any atom is 0.319 e. The molecule has 4 bridgehead atoms. The maximum atomic E-state index is 12.4. The number of nitrogens with zero attached hydrogens (tertiary/aromatic N) is 2. The van der Waals surface area contributed by atoms with E-state index < -0.39 is 4.92 Å². The first-order valence-electron chi connectivity index (χ1n) is 7.55. The summed E-state index contributed by atoms with van der Waals surface area (Å²) in [5, 5.41) is 20.1. The van der Waals surface area contributed by atoms with E-state index in [4.69, 9.17) is 0 Å². The van der Waals surface area contributed by atoms with E-state index in [9.17, 15) is 14.9 Å². The first kappa shape index (κ1) is 12.8. The lowest BCUT2D eigenvalue weighted by molar-refractivity contribution is -0.385. The molecular weight excluding hydrogens is 272 g/mol. The number of hydrogen-bond acceptors (Lipinski definition) is 4. The number of H-pyrrole nitrogens is 1. The summed E-state index contributed by atoms with van der Waals surface area (Å²) in [5.74, 6) is 1.76. The van der Waals surface area contributed by atoms with Gasteiger partial charge in [0.2, 0.25) is 5.69 Å². The summed E-state index contributed by atoms with van der Waals surface area (Å²) in [5.41, 5.74) is -0.432. The molecule has 7 heteroatoms. The van der Waals surface area contributed by atoms with Crippen LogP contribution in [0.15, 0.2) is 6.20 Å². The monoisotopic (exact) mass is 290 g/mol. The zero-order chi connectivity index (χ0) is 14.6. The Kier molecular flexibility index (Phi) is 2.61. The quantitative estimate of drug-likeness (QED) is 0.656. The van der Waals surface area contributed by atoms with Crippen LogP contribution in [0.4, 0.5) is 5.69 Å². The molecule has 1 heterocycles. The fraction of sp³-hybridized carbons (Fsp3) is 0.714. The summed E-state index contributed by atoms with van der Waals surface area (Å²) in [7, 11) is 0. The minimum absolute atomic E-state index is 0.0317. The van der Waals surface area contributed by atoms with Crippen molar-refractivity contribution >= 4 is 11.6 Å². The van der Waals surface area contributed by atoms with Gasteiger partial charge in [-0.1, -0.05) is 0 Å². The van der Waals surface area contributed by atoms with E-state index >= 15 is 0 Å². The Morgan fingerprint density at radius 1 is 1.29 bits per heavy atom. The van der Waals surface area contributed by atoms with Crippen LogP contribution in [-0.2, 0) is 0 Å². The molecule has 0 atom stereocenters. The number of nitro groups is 1. The van der Waals surface area contributed by atoms with Crippen LogP contribution in [0.3, 0.4) is 0 Å². The Morgan fingerprint density at radius 3 is 2.38 bits per heavy atom. The molecular formula is C14H18N4O3. The fourth-order valence-electron chi connectivity index (χ4n) is 5.15. The third-order valence-electron chi connectivity index (χ3n) is 5.46. The van der Waals surface area contributed by atoms with Crippen molar-refractivity contribution in [1.29, 1.82) is 0 Å². The van der Waals surface area contributed by atoms with Gasteiger partial charge in [0.15, 0.2) is 0 Å². The number of amides is 1. The van der Waals surface area contributed by atoms with E-state index in [1.165, 1.54) is 19.3 Å². The second-order valence-corrected chi connectivity index (χ2v) is 7.04. The van der Waals surface area contributed by atoms with Gasteiger partial charge in [0.1, 0.15) is 6.20 Å². The molecule has 0 unspecified atom stereocenters. The van der Waals surface area contributed by atoms with Crippen LogP contribution in [0.2, 0.25) is 0 Å². The lowest BCUT2D eigenvalue weighted by atomic mass is 9.53. The number of hydrogen-bond donors (Lipinski definition) is 2. The van der Waals surface area contributed by atoms with Crippen LogP contribution in [0.5, 0.6) is 0 Å². The predicted molar refractivity (Wildman–Crippen MR) is 73.6 cm³/mol. The van der Waals surface area contributed by atoms with Gasteiger partial charge in [0.05, 0.1) is 4.92 Å². The average molecular weight is 290 g/mol. The second-order valence-electron chi connectivity index (χ2n) is 7.04. The molecule has 2 N–H and O–H groups in total. The number of aromatic nitrogens is 2. The van der Waals surface area contributed by atoms with E-state index in [2.05, 4.69) is 15.5 Å². The van der Waals surface area contributed by atoms with E-state index in [0.29, 0.717) is 17.8 Å². The SMILES string of the molecule is O=C(NC12CC3CC(CC(C3)C1)C2)c1[nH]ncc1[N+](=O)[O-]. The largest absolute Gasteiger partial charge is 0.345 e. The Hall–Kier alpha value is -1.92. The van der Waals surface area contributed by atoms with Gasteiger partial charge in [0.25, 0.3) is 5.91 Å². The highest BCUT2D eigenvalue weighted by atomic mass is 16.6. The van der Waals surface area contributed by atoms with Gasteiger partial charge in [-0.05, 0) is 56.3 Å². The zero-order valence-corrected chi connectivity index (χ0v) is 11.7. The topological polar surface area (TPSA) is 101 Å². The van der Waals surface area contributed by atoms with Crippen molar-refractivity contribution in [3.05, 3.63) is 22.0 Å². The van der Waals surface area contributed by atoms with Crippen LogP contribution >= 0.6 is 0 Å². The van der Waals surface area contributed by atoms with Crippen LogP contribution in [0, 0.1) is 27.9 Å². The third kappa shape index (κ3) is 2.02. The summed E-state index contributed by atoms with van der Waals surface area (Å²) in [4.78, 5) is 22.8. The highest BCUT2D eigenvalue weighted by molar-refractivity contribution is 5.96. The van der Waals surface area contributed by atoms with Gasteiger partial charge >= 0.3 is 5.69 Å². The highest BCUT2D eigenvalue weighted by Crippen LogP contribution is 2.55. The van der Waals surface area contributed by atoms with Crippen molar-refractivity contribution in [3.8, 4) is 0 Å². The summed E-state index contributed by atoms with van der Waals surface area (Å²) >= 11 is 0. The predicted octanol–water partition coefficient (Wildman–Crippen LogP) is 2.02. The van der Waals surface area contributed by atoms with E-state index in [0.717, 1.165) is 25.5 Å². The molecule has 4 saturated carbocycles. The van der Waals surface area contributed by atoms with E-state index in [1.807, 2.05) is 0 Å². The smallest absolute Gasteiger partial charge is 0.319 e. The molecule has 112 valence electrons. The number of rotatable bonds is 3. The summed E-state index contributed by atoms with van der Waals surface area (Å²) in [6, 6.07) is 0. The first-order valence-corrected chi connectivity index (χ1v) is 7.55. The van der Waals surface area contributed by atoms with E-state index in [-0.39, 0.29) is 22.8 Å². The van der Waals surface area contributed by atoms with Crippen molar-refractivity contribution in [2.24, 2.45) is 17.8 Å². The van der Waals surface area contributed by atoms with Crippen LogP contribution in [0.1, 0.15) is 49.0 Å².